The standard InChI is InChI=1S/C18H15Cl2N3O4S3/c1-2-9-23-17(25)13(10-15(24)21-12-5-3-11(19)4-6-12)28-18(23)22-30(26,27)16-8-7-14(20)29-16/h2-8,13H,1,9-10H2,(H,21,24)/b22-18+. The minimum Gasteiger partial charge on any atom is -0.326 e. The molecule has 0 bridgehead atoms. The van der Waals surface area contributed by atoms with Gasteiger partial charge in [-0.25, -0.2) is 0 Å². The molecule has 2 aromatic rings. The topological polar surface area (TPSA) is 95.9 Å². The SMILES string of the molecule is C=CCN1C(=O)C(CC(=O)Nc2ccc(Cl)cc2)S/C1=N/S(=O)(=O)c1ccc(Cl)s1. The van der Waals surface area contributed by atoms with E-state index in [9.17, 15) is 18.0 Å². The lowest BCUT2D eigenvalue weighted by atomic mass is 10.2. The molecule has 7 nitrogen and oxygen atoms in total. The highest BCUT2D eigenvalue weighted by Crippen LogP contribution is 2.33. The summed E-state index contributed by atoms with van der Waals surface area (Å²) < 4.78 is 29.2. The largest absolute Gasteiger partial charge is 0.326 e. The van der Waals surface area contributed by atoms with Crippen molar-refractivity contribution in [2.24, 2.45) is 4.40 Å². The van der Waals surface area contributed by atoms with Gasteiger partial charge in [-0.3, -0.25) is 14.5 Å². The maximum absolute atomic E-state index is 12.7. The van der Waals surface area contributed by atoms with Gasteiger partial charge in [0.05, 0.1) is 4.34 Å². The van der Waals surface area contributed by atoms with Crippen LogP contribution in [0.15, 0.2) is 57.7 Å². The van der Waals surface area contributed by atoms with Gasteiger partial charge in [-0.2, -0.15) is 8.42 Å². The van der Waals surface area contributed by atoms with Gasteiger partial charge >= 0.3 is 0 Å². The number of nitrogens with zero attached hydrogens (tertiary/aromatic N) is 2. The number of amides is 2. The van der Waals surface area contributed by atoms with Crippen LogP contribution in [-0.2, 0) is 19.6 Å². The van der Waals surface area contributed by atoms with Crippen molar-refractivity contribution in [3.05, 3.63) is 58.4 Å². The van der Waals surface area contributed by atoms with Crippen molar-refractivity contribution in [1.82, 2.24) is 4.90 Å². The molecule has 1 unspecified atom stereocenters. The number of thioether (sulfide) groups is 1. The molecule has 2 heterocycles. The second-order valence-corrected chi connectivity index (χ2v) is 11.2. The smallest absolute Gasteiger partial charge is 0.294 e. The van der Waals surface area contributed by atoms with Gasteiger partial charge in [0.2, 0.25) is 11.8 Å². The molecular formula is C18H15Cl2N3O4S3. The number of nitrogens with one attached hydrogen (secondary N) is 1. The summed E-state index contributed by atoms with van der Waals surface area (Å²) in [6.45, 7) is 3.66. The molecule has 30 heavy (non-hydrogen) atoms. The third kappa shape index (κ3) is 5.44. The fourth-order valence-corrected chi connectivity index (χ4v) is 6.46. The summed E-state index contributed by atoms with van der Waals surface area (Å²) in [6, 6.07) is 9.34. The Bertz CT molecular complexity index is 1110. The molecular weight excluding hydrogens is 489 g/mol. The Balaban J connectivity index is 1.77. The summed E-state index contributed by atoms with van der Waals surface area (Å²) >= 11 is 13.4. The van der Waals surface area contributed by atoms with Crippen molar-refractivity contribution in [3.63, 3.8) is 0 Å². The molecule has 158 valence electrons. The van der Waals surface area contributed by atoms with E-state index in [1.807, 2.05) is 0 Å². The summed E-state index contributed by atoms with van der Waals surface area (Å²) in [5, 5.41) is 2.40. The van der Waals surface area contributed by atoms with Crippen LogP contribution in [0.25, 0.3) is 0 Å². The molecule has 3 rings (SSSR count). The van der Waals surface area contributed by atoms with E-state index in [1.54, 1.807) is 24.3 Å². The molecule has 1 aromatic carbocycles. The lowest BCUT2D eigenvalue weighted by molar-refractivity contribution is -0.127. The molecule has 1 aliphatic rings. The van der Waals surface area contributed by atoms with Crippen LogP contribution in [0.1, 0.15) is 6.42 Å². The fourth-order valence-electron chi connectivity index (χ4n) is 2.50. The van der Waals surface area contributed by atoms with Gasteiger partial charge in [0.25, 0.3) is 10.0 Å². The van der Waals surface area contributed by atoms with Gasteiger partial charge in [0.15, 0.2) is 5.17 Å². The highest BCUT2D eigenvalue weighted by atomic mass is 35.5. The molecule has 0 aliphatic carbocycles. The van der Waals surface area contributed by atoms with Crippen molar-refractivity contribution in [2.75, 3.05) is 11.9 Å². The quantitative estimate of drug-likeness (QED) is 0.569. The predicted octanol–water partition coefficient (Wildman–Crippen LogP) is 4.26. The number of benzene rings is 1. The number of rotatable bonds is 7. The second-order valence-electron chi connectivity index (χ2n) is 6.01. The zero-order valence-electron chi connectivity index (χ0n) is 15.2. The number of anilines is 1. The van der Waals surface area contributed by atoms with Gasteiger partial charge in [0.1, 0.15) is 9.46 Å². The number of thiophene rings is 1. The van der Waals surface area contributed by atoms with E-state index in [2.05, 4.69) is 16.3 Å². The number of sulfonamides is 1. The zero-order valence-corrected chi connectivity index (χ0v) is 19.2. The molecule has 1 saturated heterocycles. The van der Waals surface area contributed by atoms with Crippen LogP contribution < -0.4 is 5.32 Å². The highest BCUT2D eigenvalue weighted by molar-refractivity contribution is 8.16. The lowest BCUT2D eigenvalue weighted by Gasteiger charge is -2.13. The average Bonchev–Trinajstić information content (AvgIpc) is 3.23. The van der Waals surface area contributed by atoms with E-state index >= 15 is 0 Å². The fraction of sp³-hybridized carbons (Fsp3) is 0.167. The van der Waals surface area contributed by atoms with E-state index in [0.717, 1.165) is 23.1 Å². The number of amidine groups is 1. The first-order valence-electron chi connectivity index (χ1n) is 8.44. The summed E-state index contributed by atoms with van der Waals surface area (Å²) in [7, 11) is -4.04. The Morgan fingerprint density at radius 2 is 1.93 bits per heavy atom. The summed E-state index contributed by atoms with van der Waals surface area (Å²) in [6.07, 6.45) is 1.31. The van der Waals surface area contributed by atoms with Crippen LogP contribution >= 0.6 is 46.3 Å². The van der Waals surface area contributed by atoms with E-state index in [0.29, 0.717) is 15.0 Å². The van der Waals surface area contributed by atoms with Crippen molar-refractivity contribution < 1.29 is 18.0 Å². The van der Waals surface area contributed by atoms with Gasteiger partial charge < -0.3 is 5.32 Å². The first kappa shape index (κ1) is 22.8. The van der Waals surface area contributed by atoms with Crippen LogP contribution in [0.4, 0.5) is 5.69 Å². The Labute approximate surface area is 191 Å². The van der Waals surface area contributed by atoms with Crippen molar-refractivity contribution >= 4 is 79.0 Å². The predicted molar refractivity (Wildman–Crippen MR) is 122 cm³/mol. The van der Waals surface area contributed by atoms with Crippen LogP contribution in [-0.4, -0.2) is 42.1 Å². The van der Waals surface area contributed by atoms with Crippen molar-refractivity contribution in [1.29, 1.82) is 0 Å². The normalized spacial score (nSPS) is 18.1. The Hall–Kier alpha value is -1.85. The Kier molecular flexibility index (Phi) is 7.25. The third-order valence-corrected chi connectivity index (χ3v) is 8.34. The second kappa shape index (κ2) is 9.52. The maximum atomic E-state index is 12.7. The van der Waals surface area contributed by atoms with Gasteiger partial charge in [-0.05, 0) is 36.4 Å². The van der Waals surface area contributed by atoms with E-state index in [4.69, 9.17) is 23.2 Å². The van der Waals surface area contributed by atoms with Crippen LogP contribution in [0, 0.1) is 0 Å². The molecule has 1 aliphatic heterocycles. The van der Waals surface area contributed by atoms with Gasteiger partial charge in [-0.1, -0.05) is 41.0 Å². The van der Waals surface area contributed by atoms with Crippen LogP contribution in [0.5, 0.6) is 0 Å². The van der Waals surface area contributed by atoms with Gasteiger partial charge in [0, 0.05) is 23.7 Å². The number of carbonyl (C=O) groups is 2. The Morgan fingerprint density at radius 3 is 2.53 bits per heavy atom. The number of carbonyl (C=O) groups excluding carboxylic acids is 2. The molecule has 1 N–H and O–H groups in total. The van der Waals surface area contributed by atoms with E-state index < -0.39 is 27.1 Å². The third-order valence-electron chi connectivity index (χ3n) is 3.83. The first-order valence-corrected chi connectivity index (χ1v) is 12.3. The number of hydrogen-bond acceptors (Lipinski definition) is 6. The summed E-state index contributed by atoms with van der Waals surface area (Å²) in [5.74, 6) is -0.805. The van der Waals surface area contributed by atoms with E-state index in [-0.39, 0.29) is 22.3 Å². The molecule has 0 saturated carbocycles. The number of halogens is 2. The molecule has 0 radical (unpaired) electrons. The highest BCUT2D eigenvalue weighted by Gasteiger charge is 2.39. The molecule has 2 amide bonds. The molecule has 1 fully saturated rings. The molecule has 1 aromatic heterocycles. The van der Waals surface area contributed by atoms with Gasteiger partial charge in [-0.15, -0.1) is 22.3 Å². The lowest BCUT2D eigenvalue weighted by Crippen LogP contribution is -2.33. The van der Waals surface area contributed by atoms with E-state index in [1.165, 1.54) is 23.1 Å². The number of hydrogen-bond donors (Lipinski definition) is 1. The zero-order chi connectivity index (χ0) is 21.9. The minimum atomic E-state index is -4.04. The summed E-state index contributed by atoms with van der Waals surface area (Å²) in [4.78, 5) is 26.3. The summed E-state index contributed by atoms with van der Waals surface area (Å²) in [5.41, 5.74) is 0.536. The van der Waals surface area contributed by atoms with Crippen LogP contribution in [0.2, 0.25) is 9.36 Å². The minimum absolute atomic E-state index is 0.00582. The molecule has 12 heteroatoms. The maximum Gasteiger partial charge on any atom is 0.294 e. The monoisotopic (exact) mass is 503 g/mol. The van der Waals surface area contributed by atoms with Crippen molar-refractivity contribution in [3.8, 4) is 0 Å². The Morgan fingerprint density at radius 1 is 1.23 bits per heavy atom. The van der Waals surface area contributed by atoms with Crippen LogP contribution in [0.3, 0.4) is 0 Å². The first-order chi connectivity index (χ1) is 14.2. The molecule has 0 spiro atoms. The molecule has 1 atom stereocenters. The average molecular weight is 504 g/mol. The van der Waals surface area contributed by atoms with Crippen molar-refractivity contribution in [2.45, 2.75) is 15.9 Å².